The Labute approximate surface area is 208 Å². The van der Waals surface area contributed by atoms with Crippen molar-refractivity contribution in [1.82, 2.24) is 9.97 Å². The summed E-state index contributed by atoms with van der Waals surface area (Å²) in [7, 11) is 0. The van der Waals surface area contributed by atoms with Crippen LogP contribution in [0.15, 0.2) is 121 Å². The molecule has 35 heavy (non-hydrogen) atoms. The fourth-order valence-electron chi connectivity index (χ4n) is 3.74. The molecule has 0 saturated heterocycles. The van der Waals surface area contributed by atoms with Crippen molar-refractivity contribution < 1.29 is 5.41 Å². The lowest BCUT2D eigenvalue weighted by Gasteiger charge is -2.10. The highest BCUT2D eigenvalue weighted by Gasteiger charge is 2.18. The van der Waals surface area contributed by atoms with Crippen molar-refractivity contribution in [3.8, 4) is 33.8 Å². The summed E-state index contributed by atoms with van der Waals surface area (Å²) in [5.41, 5.74) is 6.33. The molecular weight excluding hydrogens is 448 g/mol. The van der Waals surface area contributed by atoms with E-state index in [-0.39, 0.29) is 0 Å². The van der Waals surface area contributed by atoms with Gasteiger partial charge in [-0.1, -0.05) is 109 Å². The van der Waals surface area contributed by atoms with Crippen LogP contribution in [0.3, 0.4) is 0 Å². The van der Waals surface area contributed by atoms with E-state index in [9.17, 15) is 0 Å². The molecule has 0 fully saturated rings. The van der Waals surface area contributed by atoms with Gasteiger partial charge in [-0.2, -0.15) is 0 Å². The Balaban J connectivity index is 1.55. The summed E-state index contributed by atoms with van der Waals surface area (Å²) in [6, 6.07) is 39.9. The summed E-state index contributed by atoms with van der Waals surface area (Å²) in [4.78, 5) is 9.65. The Morgan fingerprint density at radius 1 is 0.600 bits per heavy atom. The maximum Gasteiger partial charge on any atom is 0.263 e. The van der Waals surface area contributed by atoms with Gasteiger partial charge >= 0.3 is 0 Å². The van der Waals surface area contributed by atoms with Gasteiger partial charge in [-0.15, -0.1) is 0 Å². The molecule has 1 aromatic heterocycles. The van der Waals surface area contributed by atoms with Crippen LogP contribution in [0.1, 0.15) is 11.3 Å². The lowest BCUT2D eigenvalue weighted by atomic mass is 10.0. The van der Waals surface area contributed by atoms with Gasteiger partial charge in [0.15, 0.2) is 5.82 Å². The molecule has 5 aromatic rings. The van der Waals surface area contributed by atoms with Crippen LogP contribution in [0.5, 0.6) is 0 Å². The van der Waals surface area contributed by atoms with E-state index < -0.39 is 0 Å². The molecule has 4 nitrogen and oxygen atoms in total. The Morgan fingerprint density at radius 2 is 1.17 bits per heavy atom. The van der Waals surface area contributed by atoms with Crippen molar-refractivity contribution in [2.45, 2.75) is 0 Å². The van der Waals surface area contributed by atoms with E-state index in [1.165, 1.54) is 11.8 Å². The quantitative estimate of drug-likeness (QED) is 0.253. The van der Waals surface area contributed by atoms with Crippen LogP contribution in [-0.2, 0) is 0 Å². The lowest BCUT2D eigenvalue weighted by molar-refractivity contribution is -0.107. The molecule has 1 heterocycles. The van der Waals surface area contributed by atoms with Gasteiger partial charge in [0.1, 0.15) is 10.7 Å². The highest BCUT2D eigenvalue weighted by atomic mass is 32.2. The van der Waals surface area contributed by atoms with Crippen molar-refractivity contribution in [3.63, 3.8) is 0 Å². The minimum absolute atomic E-state index is 0.371. The molecule has 4 aromatic carbocycles. The van der Waals surface area contributed by atoms with Crippen LogP contribution < -0.4 is 5.41 Å². The summed E-state index contributed by atoms with van der Waals surface area (Å²) in [6.45, 7) is 0. The maximum absolute atomic E-state index is 8.49. The molecule has 0 atom stereocenters. The third kappa shape index (κ3) is 5.26. The number of hydrogen-bond donors (Lipinski definition) is 2. The lowest BCUT2D eigenvalue weighted by Crippen LogP contribution is -2.39. The number of nitrogens with two attached hydrogens (primary N) is 1. The smallest absolute Gasteiger partial charge is 0.263 e. The van der Waals surface area contributed by atoms with Gasteiger partial charge < -0.3 is 0 Å². The zero-order valence-corrected chi connectivity index (χ0v) is 19.7. The SMILES string of the molecule is N=C(SC(=[NH2+])c1cc(-c2cccc(-c3ccccc3)c2)nc(-c2ccccc2)n1)c1ccccc1. The second-order valence-corrected chi connectivity index (χ2v) is 8.99. The van der Waals surface area contributed by atoms with Crippen molar-refractivity contribution in [2.24, 2.45) is 0 Å². The number of rotatable bonds is 5. The van der Waals surface area contributed by atoms with Gasteiger partial charge in [-0.3, -0.25) is 5.41 Å². The third-order valence-corrected chi connectivity index (χ3v) is 6.39. The first-order valence-electron chi connectivity index (χ1n) is 11.2. The molecule has 0 aliphatic rings. The minimum atomic E-state index is 0.371. The van der Waals surface area contributed by atoms with Gasteiger partial charge in [0.25, 0.3) is 5.04 Å². The maximum atomic E-state index is 8.49. The predicted octanol–water partition coefficient (Wildman–Crippen LogP) is 5.74. The molecule has 0 radical (unpaired) electrons. The molecule has 0 aliphatic carbocycles. The second kappa shape index (κ2) is 10.3. The third-order valence-electron chi connectivity index (χ3n) is 5.52. The molecule has 5 heteroatoms. The van der Waals surface area contributed by atoms with E-state index in [1.807, 2.05) is 97.1 Å². The Kier molecular flexibility index (Phi) is 6.59. The Hall–Kier alpha value is -4.35. The van der Waals surface area contributed by atoms with Gasteiger partial charge in [-0.25, -0.2) is 15.4 Å². The first-order chi connectivity index (χ1) is 17.2. The van der Waals surface area contributed by atoms with Gasteiger partial charge in [0.2, 0.25) is 0 Å². The number of aromatic nitrogens is 2. The predicted molar refractivity (Wildman–Crippen MR) is 145 cm³/mol. The normalized spacial score (nSPS) is 10.6. The van der Waals surface area contributed by atoms with Gasteiger partial charge in [0.05, 0.1) is 5.69 Å². The van der Waals surface area contributed by atoms with Crippen LogP contribution in [-0.4, -0.2) is 20.1 Å². The highest BCUT2D eigenvalue weighted by molar-refractivity contribution is 8.27. The van der Waals surface area contributed by atoms with Crippen LogP contribution >= 0.6 is 11.8 Å². The van der Waals surface area contributed by atoms with E-state index in [4.69, 9.17) is 20.8 Å². The Morgan fingerprint density at radius 3 is 1.86 bits per heavy atom. The number of thioether (sulfide) groups is 1. The Bertz CT molecular complexity index is 1480. The number of nitrogens with one attached hydrogen (secondary N) is 1. The molecule has 168 valence electrons. The molecule has 3 N–H and O–H groups in total. The number of hydrogen-bond acceptors (Lipinski definition) is 4. The molecule has 0 saturated carbocycles. The van der Waals surface area contributed by atoms with Crippen LogP contribution in [0.4, 0.5) is 0 Å². The summed E-state index contributed by atoms with van der Waals surface area (Å²) < 4.78 is 0. The molecule has 5 rings (SSSR count). The molecule has 0 bridgehead atoms. The zero-order chi connectivity index (χ0) is 24.0. The van der Waals surface area contributed by atoms with E-state index in [1.54, 1.807) is 0 Å². The van der Waals surface area contributed by atoms with Crippen LogP contribution in [0.2, 0.25) is 0 Å². The van der Waals surface area contributed by atoms with Crippen LogP contribution in [0.25, 0.3) is 33.8 Å². The zero-order valence-electron chi connectivity index (χ0n) is 18.9. The van der Waals surface area contributed by atoms with Crippen LogP contribution in [0, 0.1) is 5.41 Å². The first-order valence-corrected chi connectivity index (χ1v) is 12.0. The van der Waals surface area contributed by atoms with E-state index >= 15 is 0 Å². The van der Waals surface area contributed by atoms with Crippen molar-refractivity contribution >= 4 is 21.8 Å². The van der Waals surface area contributed by atoms with Crippen molar-refractivity contribution in [3.05, 3.63) is 133 Å². The average Bonchev–Trinajstić information content (AvgIpc) is 2.94. The average molecular weight is 472 g/mol. The summed E-state index contributed by atoms with van der Waals surface area (Å²) in [5.74, 6) is 0.595. The molecule has 0 unspecified atom stereocenters. The van der Waals surface area contributed by atoms with E-state index in [0.717, 1.165) is 33.5 Å². The number of benzene rings is 4. The molecule has 0 aliphatic heterocycles. The van der Waals surface area contributed by atoms with E-state index in [0.29, 0.717) is 21.6 Å². The fraction of sp³-hybridized carbons (Fsp3) is 0. The van der Waals surface area contributed by atoms with E-state index in [2.05, 4.69) is 24.3 Å². The summed E-state index contributed by atoms with van der Waals surface area (Å²) >= 11 is 1.20. The standard InChI is InChI=1S/C30H22N4S/c31-28(22-13-6-2-7-14-22)35-29(32)27-20-26(33-30(34-27)23-15-8-3-9-16-23)25-18-10-17-24(19-25)21-11-4-1-5-12-21/h1-20,31-32H/p+1. The van der Waals surface area contributed by atoms with Gasteiger partial charge in [-0.05, 0) is 23.3 Å². The fourth-order valence-corrected chi connectivity index (χ4v) is 4.42. The first kappa shape index (κ1) is 22.4. The number of nitrogens with zero attached hydrogens (tertiary/aromatic N) is 2. The van der Waals surface area contributed by atoms with Crippen molar-refractivity contribution in [1.29, 1.82) is 5.41 Å². The largest absolute Gasteiger partial charge is 0.293 e. The highest BCUT2D eigenvalue weighted by Crippen LogP contribution is 2.28. The minimum Gasteiger partial charge on any atom is -0.293 e. The molecule has 0 spiro atoms. The summed E-state index contributed by atoms with van der Waals surface area (Å²) in [6.07, 6.45) is 0. The van der Waals surface area contributed by atoms with Gasteiger partial charge in [0, 0.05) is 28.5 Å². The molecule has 0 amide bonds. The monoisotopic (exact) mass is 471 g/mol. The summed E-state index contributed by atoms with van der Waals surface area (Å²) in [5, 5.41) is 15.8. The van der Waals surface area contributed by atoms with Crippen molar-refractivity contribution in [2.75, 3.05) is 0 Å². The topological polar surface area (TPSA) is 75.2 Å². The molecular formula is C30H23N4S+. The second-order valence-electron chi connectivity index (χ2n) is 7.94.